The van der Waals surface area contributed by atoms with E-state index >= 15 is 0 Å². The molecule has 0 aliphatic carbocycles. The summed E-state index contributed by atoms with van der Waals surface area (Å²) in [5.41, 5.74) is 0. The third-order valence-corrected chi connectivity index (χ3v) is 2.02. The second-order valence-corrected chi connectivity index (χ2v) is 3.39. The van der Waals surface area contributed by atoms with Crippen LogP contribution in [-0.2, 0) is 4.74 Å². The van der Waals surface area contributed by atoms with E-state index in [-0.39, 0.29) is 0 Å². The van der Waals surface area contributed by atoms with Crippen LogP contribution in [0.15, 0.2) is 12.1 Å². The molecule has 0 aromatic heterocycles. The summed E-state index contributed by atoms with van der Waals surface area (Å²) in [6.07, 6.45) is -1.14. The van der Waals surface area contributed by atoms with Crippen LogP contribution in [0.3, 0.4) is 0 Å². The van der Waals surface area contributed by atoms with Gasteiger partial charge in [-0.3, -0.25) is 0 Å². The lowest BCUT2D eigenvalue weighted by atomic mass is 10.3. The maximum Gasteiger partial charge on any atom is 0.514 e. The number of hydrogen-bond donors (Lipinski definition) is 0. The molecule has 1 unspecified atom stereocenters. The molecule has 3 nitrogen and oxygen atoms in total. The van der Waals surface area contributed by atoms with Crippen molar-refractivity contribution in [1.82, 2.24) is 0 Å². The molecule has 0 saturated heterocycles. The van der Waals surface area contributed by atoms with E-state index in [4.69, 9.17) is 0 Å². The maximum absolute atomic E-state index is 13.1. The smallest absolute Gasteiger partial charge is 0.431 e. The topological polar surface area (TPSA) is 35.5 Å². The van der Waals surface area contributed by atoms with Crippen molar-refractivity contribution in [2.24, 2.45) is 0 Å². The fourth-order valence-corrected chi connectivity index (χ4v) is 0.981. The summed E-state index contributed by atoms with van der Waals surface area (Å²) in [6.45, 7) is 3.36. The van der Waals surface area contributed by atoms with Crippen molar-refractivity contribution >= 4 is 6.16 Å². The van der Waals surface area contributed by atoms with Crippen LogP contribution in [-0.4, -0.2) is 12.3 Å². The Hall–Kier alpha value is -1.72. The van der Waals surface area contributed by atoms with E-state index in [1.807, 2.05) is 0 Å². The van der Waals surface area contributed by atoms with E-state index in [9.17, 15) is 18.0 Å². The lowest BCUT2D eigenvalue weighted by Gasteiger charge is -2.11. The Kier molecular flexibility index (Phi) is 4.37. The van der Waals surface area contributed by atoms with E-state index in [2.05, 4.69) is 9.47 Å². The van der Waals surface area contributed by atoms with Crippen LogP contribution in [0.1, 0.15) is 20.3 Å². The van der Waals surface area contributed by atoms with Gasteiger partial charge in [-0.25, -0.2) is 18.0 Å². The molecule has 0 aliphatic rings. The molecule has 17 heavy (non-hydrogen) atoms. The summed E-state index contributed by atoms with van der Waals surface area (Å²) < 4.78 is 47.7. The lowest BCUT2D eigenvalue weighted by Crippen LogP contribution is -2.18. The molecule has 0 bridgehead atoms. The fourth-order valence-electron chi connectivity index (χ4n) is 0.981. The van der Waals surface area contributed by atoms with Crippen LogP contribution in [0.2, 0.25) is 0 Å². The molecule has 0 N–H and O–H groups in total. The molecule has 0 fully saturated rings. The van der Waals surface area contributed by atoms with Crippen molar-refractivity contribution < 1.29 is 27.4 Å². The zero-order valence-electron chi connectivity index (χ0n) is 9.30. The largest absolute Gasteiger partial charge is 0.514 e. The fraction of sp³-hybridized carbons (Fsp3) is 0.364. The SMILES string of the molecule is CCC(C)OC(=O)Oc1c(F)cc(F)cc1F. The highest BCUT2D eigenvalue weighted by Crippen LogP contribution is 2.23. The highest BCUT2D eigenvalue weighted by Gasteiger charge is 2.18. The number of benzene rings is 1. The van der Waals surface area contributed by atoms with Gasteiger partial charge < -0.3 is 9.47 Å². The predicted octanol–water partition coefficient (Wildman–Crippen LogP) is 3.42. The predicted molar refractivity (Wildman–Crippen MR) is 53.2 cm³/mol. The monoisotopic (exact) mass is 248 g/mol. The summed E-state index contributed by atoms with van der Waals surface area (Å²) in [7, 11) is 0. The Bertz CT molecular complexity index is 397. The summed E-state index contributed by atoms with van der Waals surface area (Å²) in [6, 6.07) is 0.823. The molecular weight excluding hydrogens is 237 g/mol. The van der Waals surface area contributed by atoms with Gasteiger partial charge in [-0.2, -0.15) is 0 Å². The first-order chi connectivity index (χ1) is 7.93. The molecule has 1 aromatic carbocycles. The Balaban J connectivity index is 2.78. The van der Waals surface area contributed by atoms with Gasteiger partial charge in [-0.1, -0.05) is 6.92 Å². The van der Waals surface area contributed by atoms with Crippen molar-refractivity contribution in [3.05, 3.63) is 29.6 Å². The first-order valence-corrected chi connectivity index (χ1v) is 4.97. The Morgan fingerprint density at radius 1 is 1.29 bits per heavy atom. The van der Waals surface area contributed by atoms with Gasteiger partial charge in [0.1, 0.15) is 11.9 Å². The van der Waals surface area contributed by atoms with Crippen molar-refractivity contribution in [1.29, 1.82) is 0 Å². The van der Waals surface area contributed by atoms with E-state index in [0.29, 0.717) is 18.6 Å². The van der Waals surface area contributed by atoms with Gasteiger partial charge >= 0.3 is 6.16 Å². The average Bonchev–Trinajstić information content (AvgIpc) is 2.23. The molecule has 0 saturated carbocycles. The minimum atomic E-state index is -1.30. The van der Waals surface area contributed by atoms with Gasteiger partial charge in [0, 0.05) is 12.1 Å². The number of halogens is 3. The standard InChI is InChI=1S/C11H11F3O3/c1-3-6(2)16-11(15)17-10-8(13)4-7(12)5-9(10)14/h4-6H,3H2,1-2H3. The average molecular weight is 248 g/mol. The van der Waals surface area contributed by atoms with Gasteiger partial charge in [0.2, 0.25) is 5.75 Å². The number of carbonyl (C=O) groups excluding carboxylic acids is 1. The maximum atomic E-state index is 13.1. The second-order valence-electron chi connectivity index (χ2n) is 3.39. The zero-order valence-corrected chi connectivity index (χ0v) is 9.30. The number of rotatable bonds is 3. The van der Waals surface area contributed by atoms with E-state index < -0.39 is 35.5 Å². The Morgan fingerprint density at radius 2 is 1.82 bits per heavy atom. The highest BCUT2D eigenvalue weighted by molar-refractivity contribution is 5.64. The molecule has 1 atom stereocenters. The van der Waals surface area contributed by atoms with Crippen LogP contribution < -0.4 is 4.74 Å². The van der Waals surface area contributed by atoms with Gasteiger partial charge in [-0.05, 0) is 13.3 Å². The normalized spacial score (nSPS) is 12.1. The summed E-state index contributed by atoms with van der Waals surface area (Å²) >= 11 is 0. The third-order valence-electron chi connectivity index (χ3n) is 2.02. The molecule has 0 heterocycles. The third kappa shape index (κ3) is 3.65. The summed E-state index contributed by atoms with van der Waals surface area (Å²) in [5.74, 6) is -4.67. The zero-order chi connectivity index (χ0) is 13.0. The molecule has 0 spiro atoms. The molecule has 0 amide bonds. The van der Waals surface area contributed by atoms with Crippen LogP contribution in [0.4, 0.5) is 18.0 Å². The quantitative estimate of drug-likeness (QED) is 0.607. The minimum Gasteiger partial charge on any atom is -0.431 e. The van der Waals surface area contributed by atoms with Gasteiger partial charge in [0.05, 0.1) is 0 Å². The van der Waals surface area contributed by atoms with Gasteiger partial charge in [0.25, 0.3) is 0 Å². The molecule has 1 rings (SSSR count). The van der Waals surface area contributed by atoms with E-state index in [0.717, 1.165) is 0 Å². The van der Waals surface area contributed by atoms with Crippen LogP contribution >= 0.6 is 0 Å². The first kappa shape index (κ1) is 13.3. The van der Waals surface area contributed by atoms with Crippen molar-refractivity contribution in [2.45, 2.75) is 26.4 Å². The van der Waals surface area contributed by atoms with Gasteiger partial charge in [0.15, 0.2) is 11.6 Å². The van der Waals surface area contributed by atoms with Crippen molar-refractivity contribution in [3.63, 3.8) is 0 Å². The van der Waals surface area contributed by atoms with E-state index in [1.165, 1.54) is 0 Å². The number of ether oxygens (including phenoxy) is 2. The second kappa shape index (κ2) is 5.56. The van der Waals surface area contributed by atoms with Gasteiger partial charge in [-0.15, -0.1) is 0 Å². The van der Waals surface area contributed by atoms with Crippen molar-refractivity contribution in [2.75, 3.05) is 0 Å². The van der Waals surface area contributed by atoms with Crippen LogP contribution in [0.25, 0.3) is 0 Å². The lowest BCUT2D eigenvalue weighted by molar-refractivity contribution is 0.0619. The number of hydrogen-bond acceptors (Lipinski definition) is 3. The Morgan fingerprint density at radius 3 is 2.29 bits per heavy atom. The van der Waals surface area contributed by atoms with Crippen LogP contribution in [0, 0.1) is 17.5 Å². The summed E-state index contributed by atoms with van der Waals surface area (Å²) in [5, 5.41) is 0. The first-order valence-electron chi connectivity index (χ1n) is 4.97. The molecule has 6 heteroatoms. The molecule has 0 aliphatic heterocycles. The molecule has 1 aromatic rings. The minimum absolute atomic E-state index is 0.412. The molecule has 94 valence electrons. The van der Waals surface area contributed by atoms with Crippen molar-refractivity contribution in [3.8, 4) is 5.75 Å². The molecular formula is C11H11F3O3. The highest BCUT2D eigenvalue weighted by atomic mass is 19.1. The van der Waals surface area contributed by atoms with E-state index in [1.54, 1.807) is 13.8 Å². The summed E-state index contributed by atoms with van der Waals surface area (Å²) in [4.78, 5) is 11.1. The number of carbonyl (C=O) groups is 1. The molecule has 0 radical (unpaired) electrons. The Labute approximate surface area is 96.1 Å². The van der Waals surface area contributed by atoms with Crippen LogP contribution in [0.5, 0.6) is 5.75 Å².